The average molecular weight is 1810 g/mol. The number of H-pyrrole nitrogens is 5. The van der Waals surface area contributed by atoms with Crippen LogP contribution in [-0.4, -0.2) is 183 Å². The largest absolute Gasteiger partial charge is 0.465 e. The Labute approximate surface area is 758 Å². The van der Waals surface area contributed by atoms with Crippen LogP contribution in [0.4, 0.5) is 22.7 Å². The first-order valence-corrected chi connectivity index (χ1v) is 57.2. The zero-order valence-corrected chi connectivity index (χ0v) is 81.1. The van der Waals surface area contributed by atoms with E-state index in [1.54, 1.807) is 21.6 Å². The number of aryl methyl sites for hydroxylation is 8. The molecule has 0 fully saturated rings. The number of hydrogen-bond acceptors (Lipinski definition) is 15. The Kier molecular flexibility index (Phi) is 25.0. The number of hydrogen-bond donors (Lipinski definition) is 8. The average Bonchev–Trinajstić information content (AvgIpc) is 1.57. The second-order valence-corrected chi connectivity index (χ2v) is 58.8. The van der Waals surface area contributed by atoms with Gasteiger partial charge in [-0.2, -0.15) is 20.4 Å². The Morgan fingerprint density at radius 3 is 1.15 bits per heavy atom. The van der Waals surface area contributed by atoms with E-state index >= 15 is 0 Å². The van der Waals surface area contributed by atoms with Gasteiger partial charge < -0.3 is 69.1 Å². The van der Waals surface area contributed by atoms with Gasteiger partial charge >= 0.3 is 5.97 Å². The number of esters is 1. The smallest absolute Gasteiger partial charge is 0.326 e. The summed E-state index contributed by atoms with van der Waals surface area (Å²) in [4.78, 5) is 83.4. The summed E-state index contributed by atoms with van der Waals surface area (Å²) in [6.07, 6.45) is 20.4. The van der Waals surface area contributed by atoms with Crippen LogP contribution in [0.3, 0.4) is 0 Å². The van der Waals surface area contributed by atoms with E-state index in [2.05, 4.69) is 161 Å². The normalized spacial score (nSPS) is 17.0. The molecule has 30 heteroatoms. The number of nitrogens with zero attached hydrogens (tertiary/aromatic N) is 10. The van der Waals surface area contributed by atoms with Gasteiger partial charge in [0.15, 0.2) is 0 Å². The number of aliphatic hydroxyl groups excluding tert-OH is 2. The van der Waals surface area contributed by atoms with Crippen LogP contribution in [0.25, 0.3) is 89.2 Å². The number of carbonyl (C=O) groups excluding carboxylic acids is 5. The zero-order valence-electron chi connectivity index (χ0n) is 78.1. The molecule has 4 aliphatic carbocycles. The van der Waals surface area contributed by atoms with Crippen molar-refractivity contribution in [3.8, 4) is 45.6 Å². The van der Waals surface area contributed by atoms with Crippen LogP contribution < -0.4 is 20.0 Å². The first kappa shape index (κ1) is 92.0. The molecule has 0 radical (unpaired) electrons. The van der Waals surface area contributed by atoms with Gasteiger partial charge in [0.2, 0.25) is 23.6 Å². The Balaban J connectivity index is 0.000000127. The molecule has 0 spiro atoms. The van der Waals surface area contributed by atoms with Gasteiger partial charge in [0, 0.05) is 142 Å². The number of aromatic nitrogens is 12. The molecule has 686 valence electrons. The Morgan fingerprint density at radius 1 is 0.434 bits per heavy atom. The zero-order chi connectivity index (χ0) is 90.8. The van der Waals surface area contributed by atoms with Gasteiger partial charge in [-0.25, -0.2) is 14.0 Å². The summed E-state index contributed by atoms with van der Waals surface area (Å²) < 4.78 is 28.8. The lowest BCUT2D eigenvalue weighted by Gasteiger charge is -2.19. The third-order valence-corrected chi connectivity index (χ3v) is 32.5. The topological polar surface area (TPSA) is 330 Å². The molecule has 4 amide bonds. The highest BCUT2D eigenvalue weighted by Gasteiger charge is 2.49. The number of benzene rings is 4. The summed E-state index contributed by atoms with van der Waals surface area (Å²) in [5.41, 5.74) is 27.9. The molecular weight excluding hydrogens is 1670 g/mol. The number of carbonyl (C=O) groups is 5. The highest BCUT2D eigenvalue weighted by molar-refractivity contribution is 6.76. The fraction of sp³-hybridized carbons (Fsp3) is 0.505. The number of aliphatic hydroxyl groups is 2. The van der Waals surface area contributed by atoms with E-state index in [9.17, 15) is 34.2 Å². The molecule has 12 heterocycles. The second-order valence-electron chi connectivity index (χ2n) is 42.0. The molecule has 8 aliphatic rings. The van der Waals surface area contributed by atoms with Gasteiger partial charge in [-0.05, 0) is 273 Å². The fourth-order valence-corrected chi connectivity index (χ4v) is 22.2. The first-order valence-electron chi connectivity index (χ1n) is 46.1. The van der Waals surface area contributed by atoms with Gasteiger partial charge in [0.25, 0.3) is 0 Å². The Bertz CT molecular complexity index is 6350. The van der Waals surface area contributed by atoms with Gasteiger partial charge in [-0.15, -0.1) is 0 Å². The van der Waals surface area contributed by atoms with Crippen LogP contribution in [0.5, 0.6) is 0 Å². The summed E-state index contributed by atoms with van der Waals surface area (Å²) in [6, 6.07) is 20.4. The van der Waals surface area contributed by atoms with E-state index in [1.165, 1.54) is 49.9 Å². The van der Waals surface area contributed by atoms with Crippen LogP contribution in [0, 0.1) is 0 Å². The van der Waals surface area contributed by atoms with Gasteiger partial charge in [0.1, 0.15) is 43.8 Å². The lowest BCUT2D eigenvalue weighted by Crippen LogP contribution is -2.39. The van der Waals surface area contributed by atoms with Crippen molar-refractivity contribution >= 4 is 120 Å². The summed E-state index contributed by atoms with van der Waals surface area (Å²) in [7, 11) is -3.32. The number of anilines is 4. The number of nitrogens with one attached hydrogen (secondary N) is 6. The van der Waals surface area contributed by atoms with Crippen molar-refractivity contribution in [2.45, 2.75) is 266 Å². The van der Waals surface area contributed by atoms with Crippen LogP contribution in [0.1, 0.15) is 162 Å². The molecule has 0 saturated carbocycles. The fourth-order valence-electron chi connectivity index (χ4n) is 19.9. The van der Waals surface area contributed by atoms with Gasteiger partial charge in [-0.1, -0.05) is 66.3 Å². The lowest BCUT2D eigenvalue weighted by atomic mass is 9.85. The number of ether oxygens (including phenoxy) is 4. The van der Waals surface area contributed by atoms with Gasteiger partial charge in [0.05, 0.1) is 76.1 Å². The molecule has 8 N–H and O–H groups in total. The molecule has 4 aliphatic heterocycles. The van der Waals surface area contributed by atoms with E-state index in [1.807, 2.05) is 75.6 Å². The van der Waals surface area contributed by atoms with Crippen LogP contribution in [0.2, 0.25) is 77.1 Å². The van der Waals surface area contributed by atoms with Crippen molar-refractivity contribution in [2.24, 2.45) is 0 Å². The third-order valence-electron chi connectivity index (χ3n) is 27.4. The van der Waals surface area contributed by atoms with E-state index in [0.29, 0.717) is 39.9 Å². The van der Waals surface area contributed by atoms with Crippen LogP contribution >= 0.6 is 0 Å². The minimum atomic E-state index is -1.13. The maximum Gasteiger partial charge on any atom is 0.326 e. The standard InChI is InChI=1S/C28H38N4O4Si.C26H36N4O3Si.C24H32N4O2Si.C20H22N4O2.CH4/c1-7-36-24(33)16-32-23-13-20-19-10-8-9-18-15-31(17-35-11-12-37(4,5)6)30-25(18)26(19)29-22(20)14-21(23)28(2,3)27(32)34;1-26(2)20-14-21-19(13-22(20)30(9-10-31)25(26)32)18-8-6-7-17-15-29(28-23(17)24(18)27-21)16-33-11-12-34(3,4)5;1-24(2)18-12-19-17(11-20(18)26-23(24)29)16-8-6-7-15-13-28(27-21(15)22(16)25-19)14-30-9-10-31(3,4)5;1-20(2)14-9-15-13(8-16(14)24(6-7-25)19(20)26)12-5-3-4-11-10-21-23-17(11)18(12)22-15;/h13-15,29H,7-12,16-17H2,1-6H3;13-15,27,31H,6-12,16H2,1-5H3;11-13,25H,6-10,14H2,1-5H3,(H,26,29);8-10,22,25H,3-7H2,1-2H3,(H,21,23);1H4. The Hall–Kier alpha value is -10.3. The van der Waals surface area contributed by atoms with E-state index in [-0.39, 0.29) is 50.8 Å². The summed E-state index contributed by atoms with van der Waals surface area (Å²) in [6.45, 7) is 43.2. The van der Waals surface area contributed by atoms with E-state index < -0.39 is 51.9 Å². The monoisotopic (exact) mass is 1800 g/mol. The molecule has 0 atom stereocenters. The molecule has 8 aromatic heterocycles. The van der Waals surface area contributed by atoms with Crippen molar-refractivity contribution in [1.29, 1.82) is 0 Å². The molecule has 0 unspecified atom stereocenters. The Morgan fingerprint density at radius 2 is 0.775 bits per heavy atom. The first-order chi connectivity index (χ1) is 60.7. The molecule has 0 saturated heterocycles. The van der Waals surface area contributed by atoms with Crippen molar-refractivity contribution in [3.05, 3.63) is 140 Å². The molecular formula is C99H132N16O11Si3. The summed E-state index contributed by atoms with van der Waals surface area (Å²) in [5.74, 6) is -0.308. The number of rotatable bonds is 22. The van der Waals surface area contributed by atoms with Crippen LogP contribution in [0.15, 0.2) is 73.3 Å². The van der Waals surface area contributed by atoms with Crippen molar-refractivity contribution < 1.29 is 53.1 Å². The third kappa shape index (κ3) is 17.4. The van der Waals surface area contributed by atoms with Crippen molar-refractivity contribution in [2.75, 3.05) is 79.3 Å². The molecule has 27 nitrogen and oxygen atoms in total. The highest BCUT2D eigenvalue weighted by Crippen LogP contribution is 2.51. The molecule has 20 rings (SSSR count). The van der Waals surface area contributed by atoms with Gasteiger partial charge in [-0.3, -0.25) is 29.1 Å². The predicted molar refractivity (Wildman–Crippen MR) is 520 cm³/mol. The number of aromatic amines is 5. The minimum absolute atomic E-state index is 0. The molecule has 4 aromatic carbocycles. The summed E-state index contributed by atoms with van der Waals surface area (Å²) >= 11 is 0. The maximum absolute atomic E-state index is 13.3. The van der Waals surface area contributed by atoms with Crippen molar-refractivity contribution in [3.63, 3.8) is 0 Å². The highest BCUT2D eigenvalue weighted by atomic mass is 28.3. The summed E-state index contributed by atoms with van der Waals surface area (Å²) in [5, 5.41) is 48.7. The molecule has 12 aromatic rings. The SMILES string of the molecule is C.CC1(C)C(=O)N(CCO)c2cc3c4c([nH]c3cc21)-c1[nH]ncc1CCC4.CC1(C)C(=O)N(CCO)c2cc3c4c([nH]c3cc21)-c1nn(COCC[Si](C)(C)C)cc1CCC4.CC1(C)C(=O)Nc2cc3c4c([nH]c3cc21)-c1nn(COCC[Si](C)(C)C)cc1CCC4.CCOC(=O)CN1C(=O)C(C)(C)c2cc3[nH]c4c(c3cc21)CCCc1cn(COCC[Si](C)(C)C)nc1-4. The quantitative estimate of drug-likeness (QED) is 0.0178. The predicted octanol–water partition coefficient (Wildman–Crippen LogP) is 17.8. The molecule has 129 heavy (non-hydrogen) atoms. The maximum atomic E-state index is 13.3. The van der Waals surface area contributed by atoms with E-state index in [4.69, 9.17) is 34.2 Å². The minimum Gasteiger partial charge on any atom is -0.465 e. The van der Waals surface area contributed by atoms with E-state index in [0.717, 1.165) is 244 Å². The number of amides is 4. The second kappa shape index (κ2) is 35.1. The van der Waals surface area contributed by atoms with Crippen LogP contribution in [-0.2, 0) is 136 Å². The molecule has 0 bridgehead atoms. The number of fused-ring (bicyclic) bond motifs is 24. The number of β-amino-alcohol motifs (C(OH)–C–C–N with tert-alkyl or cyclic N) is 2. The lowest BCUT2D eigenvalue weighted by molar-refractivity contribution is -0.142. The van der Waals surface area contributed by atoms with Crippen molar-refractivity contribution in [1.82, 2.24) is 59.5 Å².